The number of carbonyl (C=O) groups is 3. The van der Waals surface area contributed by atoms with Crippen molar-refractivity contribution in [2.45, 2.75) is 31.6 Å². The maximum absolute atomic E-state index is 13.0. The number of rotatable bonds is 2. The molecule has 174 valence electrons. The molecule has 34 heavy (non-hydrogen) atoms. The van der Waals surface area contributed by atoms with E-state index >= 15 is 0 Å². The molecule has 10 heteroatoms. The number of esters is 1. The molecule has 4 N–H and O–H groups in total. The highest BCUT2D eigenvalue weighted by molar-refractivity contribution is 6.37. The summed E-state index contributed by atoms with van der Waals surface area (Å²) < 4.78 is 11.2. The molecular weight excluding hydrogens is 448 g/mol. The third-order valence-corrected chi connectivity index (χ3v) is 6.41. The number of ether oxygens (including phenoxy) is 1. The minimum absolute atomic E-state index is 0.0309. The Hall–Kier alpha value is -4.34. The summed E-state index contributed by atoms with van der Waals surface area (Å²) in [5.41, 5.74) is -0.788. The Labute approximate surface area is 190 Å². The Kier molecular flexibility index (Phi) is 4.82. The van der Waals surface area contributed by atoms with Gasteiger partial charge in [0.15, 0.2) is 28.8 Å². The summed E-state index contributed by atoms with van der Waals surface area (Å²) >= 11 is 0. The molecule has 3 aromatic rings. The van der Waals surface area contributed by atoms with Crippen LogP contribution in [0.15, 0.2) is 33.5 Å². The molecule has 1 aliphatic carbocycles. The third kappa shape index (κ3) is 3.26. The average Bonchev–Trinajstić information content (AvgIpc) is 2.78. The van der Waals surface area contributed by atoms with E-state index < -0.39 is 57.8 Å². The molecule has 0 saturated heterocycles. The first kappa shape index (κ1) is 21.5. The van der Waals surface area contributed by atoms with Crippen LogP contribution in [0.1, 0.15) is 37.2 Å². The van der Waals surface area contributed by atoms with Gasteiger partial charge in [-0.05, 0) is 30.5 Å². The standard InChI is InChI=1S/C24H18O10/c25-12-3-1-9(5-14(12)27)11-7-18(30)33-17-8-16(29)20-21(31)22(32)23(34-24(20)19(11)17)10-2-4-13(26)15(28)6-10/h2,4,6,8-9,11,26,28-29,32H,1,3,5,7H2/t9?,11-/m0/s1. The fraction of sp³-hybridized carbons (Fsp3) is 0.250. The monoisotopic (exact) mass is 466 g/mol. The van der Waals surface area contributed by atoms with E-state index in [4.69, 9.17) is 9.15 Å². The zero-order valence-corrected chi connectivity index (χ0v) is 17.5. The Morgan fingerprint density at radius 3 is 2.32 bits per heavy atom. The number of hydrogen-bond donors (Lipinski definition) is 4. The van der Waals surface area contributed by atoms with Crippen LogP contribution >= 0.6 is 0 Å². The van der Waals surface area contributed by atoms with Gasteiger partial charge < -0.3 is 29.6 Å². The van der Waals surface area contributed by atoms with Gasteiger partial charge in [-0.1, -0.05) is 0 Å². The smallest absolute Gasteiger partial charge is 0.311 e. The van der Waals surface area contributed by atoms with Crippen LogP contribution in [0.5, 0.6) is 28.7 Å². The van der Waals surface area contributed by atoms with Crippen LogP contribution in [0, 0.1) is 5.92 Å². The molecule has 0 radical (unpaired) electrons. The van der Waals surface area contributed by atoms with E-state index in [1.54, 1.807) is 0 Å². The van der Waals surface area contributed by atoms with Crippen molar-refractivity contribution in [3.05, 3.63) is 40.1 Å². The number of carbonyl (C=O) groups excluding carboxylic acids is 3. The molecule has 5 rings (SSSR count). The quantitative estimate of drug-likeness (QED) is 0.190. The molecule has 2 aromatic carbocycles. The maximum atomic E-state index is 13.0. The molecule has 0 amide bonds. The highest BCUT2D eigenvalue weighted by atomic mass is 16.5. The average molecular weight is 466 g/mol. The Morgan fingerprint density at radius 1 is 0.853 bits per heavy atom. The van der Waals surface area contributed by atoms with Gasteiger partial charge >= 0.3 is 5.97 Å². The summed E-state index contributed by atoms with van der Waals surface area (Å²) in [4.78, 5) is 49.2. The van der Waals surface area contributed by atoms with Gasteiger partial charge in [-0.2, -0.15) is 0 Å². The van der Waals surface area contributed by atoms with Crippen LogP contribution in [0.2, 0.25) is 0 Å². The summed E-state index contributed by atoms with van der Waals surface area (Å²) in [5.74, 6) is -5.44. The predicted molar refractivity (Wildman–Crippen MR) is 115 cm³/mol. The zero-order chi connectivity index (χ0) is 24.3. The lowest BCUT2D eigenvalue weighted by Crippen LogP contribution is -2.32. The molecule has 0 spiro atoms. The fourth-order valence-electron chi connectivity index (χ4n) is 4.73. The van der Waals surface area contributed by atoms with E-state index in [9.17, 15) is 39.6 Å². The minimum atomic E-state index is -0.963. The number of phenols is 3. The van der Waals surface area contributed by atoms with Crippen molar-refractivity contribution in [3.63, 3.8) is 0 Å². The highest BCUT2D eigenvalue weighted by Gasteiger charge is 2.40. The molecule has 10 nitrogen and oxygen atoms in total. The number of aromatic hydroxyl groups is 4. The topological polar surface area (TPSA) is 172 Å². The van der Waals surface area contributed by atoms with Crippen molar-refractivity contribution < 1.29 is 44.0 Å². The lowest BCUT2D eigenvalue weighted by molar-refractivity contribution is -0.140. The lowest BCUT2D eigenvalue weighted by atomic mass is 9.73. The first-order valence-electron chi connectivity index (χ1n) is 10.5. The van der Waals surface area contributed by atoms with Crippen molar-refractivity contribution in [3.8, 4) is 40.1 Å². The highest BCUT2D eigenvalue weighted by Crippen LogP contribution is 2.49. The van der Waals surface area contributed by atoms with Crippen LogP contribution in [0.4, 0.5) is 0 Å². The molecule has 1 unspecified atom stereocenters. The first-order valence-corrected chi connectivity index (χ1v) is 10.5. The van der Waals surface area contributed by atoms with Crippen LogP contribution in [-0.2, 0) is 14.4 Å². The summed E-state index contributed by atoms with van der Waals surface area (Å²) in [5, 5.41) is 40.1. The van der Waals surface area contributed by atoms with Crippen molar-refractivity contribution in [1.29, 1.82) is 0 Å². The van der Waals surface area contributed by atoms with E-state index in [1.165, 1.54) is 6.07 Å². The second-order valence-electron chi connectivity index (χ2n) is 8.46. The van der Waals surface area contributed by atoms with E-state index in [1.807, 2.05) is 0 Å². The third-order valence-electron chi connectivity index (χ3n) is 6.41. The van der Waals surface area contributed by atoms with E-state index in [0.29, 0.717) is 6.42 Å². The van der Waals surface area contributed by atoms with Crippen molar-refractivity contribution in [2.24, 2.45) is 5.92 Å². The number of hydrogen-bond acceptors (Lipinski definition) is 10. The van der Waals surface area contributed by atoms with Gasteiger partial charge in [0, 0.05) is 36.0 Å². The molecule has 2 atom stereocenters. The summed E-state index contributed by atoms with van der Waals surface area (Å²) in [6.07, 6.45) is 0.146. The van der Waals surface area contributed by atoms with E-state index in [0.717, 1.165) is 18.2 Å². The fourth-order valence-corrected chi connectivity index (χ4v) is 4.73. The van der Waals surface area contributed by atoms with Gasteiger partial charge in [0.25, 0.3) is 0 Å². The van der Waals surface area contributed by atoms with Gasteiger partial charge in [-0.25, -0.2) is 0 Å². The minimum Gasteiger partial charge on any atom is -0.507 e. The van der Waals surface area contributed by atoms with Gasteiger partial charge in [0.1, 0.15) is 22.5 Å². The molecule has 1 saturated carbocycles. The first-order chi connectivity index (χ1) is 16.2. The number of benzene rings is 2. The van der Waals surface area contributed by atoms with Crippen LogP contribution in [0.25, 0.3) is 22.3 Å². The molecule has 0 bridgehead atoms. The van der Waals surface area contributed by atoms with Gasteiger partial charge in [-0.15, -0.1) is 0 Å². The lowest BCUT2D eigenvalue weighted by Gasteiger charge is -2.33. The second kappa shape index (κ2) is 7.62. The summed E-state index contributed by atoms with van der Waals surface area (Å²) in [6.45, 7) is 0. The van der Waals surface area contributed by atoms with Crippen LogP contribution < -0.4 is 10.2 Å². The SMILES string of the molecule is O=C1C[C@@H](C2CCC(=O)C(=O)C2)c2c(cc(O)c3c(=O)c(O)c(-c4ccc(O)c(O)c4)oc23)O1. The Balaban J connectivity index is 1.78. The van der Waals surface area contributed by atoms with Crippen molar-refractivity contribution >= 4 is 28.5 Å². The van der Waals surface area contributed by atoms with Crippen molar-refractivity contribution in [2.75, 3.05) is 0 Å². The van der Waals surface area contributed by atoms with Gasteiger partial charge in [-0.3, -0.25) is 19.2 Å². The molecule has 1 aliphatic heterocycles. The van der Waals surface area contributed by atoms with Crippen LogP contribution in [0.3, 0.4) is 0 Å². The number of Topliss-reactive ketones (excluding diaryl/α,β-unsaturated/α-hetero) is 2. The Bertz CT molecular complexity index is 1470. The van der Waals surface area contributed by atoms with Gasteiger partial charge in [0.2, 0.25) is 11.2 Å². The van der Waals surface area contributed by atoms with Gasteiger partial charge in [0.05, 0.1) is 6.42 Å². The number of fused-ring (bicyclic) bond motifs is 3. The molecule has 1 fully saturated rings. The van der Waals surface area contributed by atoms with E-state index in [-0.39, 0.29) is 52.9 Å². The zero-order valence-electron chi connectivity index (χ0n) is 17.5. The second-order valence-corrected chi connectivity index (χ2v) is 8.46. The molecular formula is C24H18O10. The maximum Gasteiger partial charge on any atom is 0.311 e. The number of ketones is 2. The summed E-state index contributed by atoms with van der Waals surface area (Å²) in [6, 6.07) is 4.61. The molecule has 2 aliphatic rings. The largest absolute Gasteiger partial charge is 0.507 e. The van der Waals surface area contributed by atoms with E-state index in [2.05, 4.69) is 0 Å². The number of phenolic OH excluding ortho intramolecular Hbond substituents is 3. The normalized spacial score (nSPS) is 20.3. The molecule has 1 aromatic heterocycles. The summed E-state index contributed by atoms with van der Waals surface area (Å²) in [7, 11) is 0. The van der Waals surface area contributed by atoms with Crippen molar-refractivity contribution in [1.82, 2.24) is 0 Å². The molecule has 2 heterocycles. The Morgan fingerprint density at radius 2 is 1.62 bits per heavy atom. The predicted octanol–water partition coefficient (Wildman–Crippen LogP) is 2.61. The van der Waals surface area contributed by atoms with Crippen LogP contribution in [-0.4, -0.2) is 38.0 Å².